The quantitative estimate of drug-likeness (QED) is 0.661. The second-order valence-corrected chi connectivity index (χ2v) is 6.60. The number of nitrogens with two attached hydrogens (primary N) is 1. The number of sulfonamides is 1. The molecule has 0 radical (unpaired) electrons. The number of nitro groups is 1. The molecule has 1 fully saturated rings. The fourth-order valence-electron chi connectivity index (χ4n) is 1.91. The lowest BCUT2D eigenvalue weighted by molar-refractivity contribution is -0.385. The molecule has 1 aliphatic heterocycles. The van der Waals surface area contributed by atoms with Gasteiger partial charge in [-0.3, -0.25) is 10.1 Å². The molecular weight excluding hydrogens is 294 g/mol. The zero-order chi connectivity index (χ0) is 14.2. The highest BCUT2D eigenvalue weighted by molar-refractivity contribution is 7.89. The molecule has 1 heterocycles. The van der Waals surface area contributed by atoms with Gasteiger partial charge in [-0.1, -0.05) is 11.6 Å². The molecule has 1 aromatic carbocycles. The Balaban J connectivity index is 2.45. The van der Waals surface area contributed by atoms with Crippen LogP contribution >= 0.6 is 11.6 Å². The number of nitro benzene ring substituents is 1. The van der Waals surface area contributed by atoms with Gasteiger partial charge in [0.1, 0.15) is 4.90 Å². The van der Waals surface area contributed by atoms with Crippen LogP contribution in [-0.2, 0) is 10.0 Å². The fourth-order valence-corrected chi connectivity index (χ4v) is 3.92. The highest BCUT2D eigenvalue weighted by atomic mass is 35.5. The van der Waals surface area contributed by atoms with Crippen LogP contribution in [0.1, 0.15) is 6.42 Å². The molecule has 0 amide bonds. The third-order valence-corrected chi connectivity index (χ3v) is 5.28. The summed E-state index contributed by atoms with van der Waals surface area (Å²) in [5, 5.41) is 10.7. The second-order valence-electron chi connectivity index (χ2n) is 4.28. The largest absolute Gasteiger partial charge is 0.326 e. The van der Waals surface area contributed by atoms with Crippen LogP contribution in [0.2, 0.25) is 5.02 Å². The van der Waals surface area contributed by atoms with E-state index in [0.29, 0.717) is 13.0 Å². The maximum Gasteiger partial charge on any atom is 0.270 e. The first-order valence-electron chi connectivity index (χ1n) is 5.52. The Bertz CT molecular complexity index is 619. The van der Waals surface area contributed by atoms with E-state index in [9.17, 15) is 18.5 Å². The van der Waals surface area contributed by atoms with Gasteiger partial charge < -0.3 is 5.73 Å². The predicted octanol–water partition coefficient (Wildman–Crippen LogP) is 0.970. The summed E-state index contributed by atoms with van der Waals surface area (Å²) in [6, 6.07) is 3.13. The van der Waals surface area contributed by atoms with Crippen LogP contribution in [-0.4, -0.2) is 36.8 Å². The molecule has 1 aliphatic rings. The Morgan fingerprint density at radius 3 is 2.68 bits per heavy atom. The maximum absolute atomic E-state index is 12.3. The van der Waals surface area contributed by atoms with E-state index < -0.39 is 14.9 Å². The number of hydrogen-bond donors (Lipinski definition) is 1. The lowest BCUT2D eigenvalue weighted by Gasteiger charge is -2.16. The van der Waals surface area contributed by atoms with Crippen LogP contribution in [0.4, 0.5) is 5.69 Å². The zero-order valence-electron chi connectivity index (χ0n) is 9.82. The van der Waals surface area contributed by atoms with E-state index in [1.54, 1.807) is 0 Å². The molecule has 1 unspecified atom stereocenters. The summed E-state index contributed by atoms with van der Waals surface area (Å²) in [5.74, 6) is 0. The van der Waals surface area contributed by atoms with E-state index >= 15 is 0 Å². The Kier molecular flexibility index (Phi) is 3.77. The van der Waals surface area contributed by atoms with Crippen LogP contribution < -0.4 is 5.73 Å². The van der Waals surface area contributed by atoms with E-state index in [4.69, 9.17) is 17.3 Å². The van der Waals surface area contributed by atoms with Gasteiger partial charge in [-0.25, -0.2) is 8.42 Å². The first-order chi connectivity index (χ1) is 8.82. The van der Waals surface area contributed by atoms with Crippen LogP contribution in [0.15, 0.2) is 23.1 Å². The second kappa shape index (κ2) is 5.04. The molecule has 2 N–H and O–H groups in total. The molecular formula is C10H12ClN3O4S. The van der Waals surface area contributed by atoms with Crippen LogP contribution in [0, 0.1) is 10.1 Å². The van der Waals surface area contributed by atoms with Crippen molar-refractivity contribution >= 4 is 27.3 Å². The molecule has 19 heavy (non-hydrogen) atoms. The lowest BCUT2D eigenvalue weighted by Crippen LogP contribution is -2.32. The molecule has 7 nitrogen and oxygen atoms in total. The Hall–Kier alpha value is -1.22. The predicted molar refractivity (Wildman–Crippen MR) is 69.5 cm³/mol. The maximum atomic E-state index is 12.3. The van der Waals surface area contributed by atoms with E-state index in [-0.39, 0.29) is 28.2 Å². The molecule has 0 aliphatic carbocycles. The Morgan fingerprint density at radius 1 is 1.47 bits per heavy atom. The first kappa shape index (κ1) is 14.2. The molecule has 1 atom stereocenters. The van der Waals surface area contributed by atoms with E-state index in [1.165, 1.54) is 10.4 Å². The van der Waals surface area contributed by atoms with Crippen molar-refractivity contribution in [3.63, 3.8) is 0 Å². The van der Waals surface area contributed by atoms with Gasteiger partial charge in [-0.15, -0.1) is 0 Å². The molecule has 1 aromatic rings. The average molecular weight is 306 g/mol. The Morgan fingerprint density at radius 2 is 2.16 bits per heavy atom. The lowest BCUT2D eigenvalue weighted by atomic mass is 10.3. The van der Waals surface area contributed by atoms with Gasteiger partial charge in [0, 0.05) is 31.3 Å². The molecule has 9 heteroatoms. The van der Waals surface area contributed by atoms with E-state index in [2.05, 4.69) is 0 Å². The summed E-state index contributed by atoms with van der Waals surface area (Å²) in [6.45, 7) is 0.490. The van der Waals surface area contributed by atoms with Crippen molar-refractivity contribution in [2.24, 2.45) is 5.73 Å². The topological polar surface area (TPSA) is 107 Å². The van der Waals surface area contributed by atoms with Gasteiger partial charge in [-0.05, 0) is 12.5 Å². The third-order valence-electron chi connectivity index (χ3n) is 2.93. The number of nitrogens with zero attached hydrogens (tertiary/aromatic N) is 2. The summed E-state index contributed by atoms with van der Waals surface area (Å²) in [7, 11) is -3.84. The number of halogens is 1. The zero-order valence-corrected chi connectivity index (χ0v) is 11.4. The summed E-state index contributed by atoms with van der Waals surface area (Å²) in [6.07, 6.45) is 0.561. The highest BCUT2D eigenvalue weighted by Gasteiger charge is 2.33. The standard InChI is InChI=1S/C10H12ClN3O4S/c11-9-2-1-8(14(15)16)5-10(9)19(17,18)13-4-3-7(12)6-13/h1-2,5,7H,3-4,6,12H2. The van der Waals surface area contributed by atoms with Gasteiger partial charge in [-0.2, -0.15) is 4.31 Å². The molecule has 0 aromatic heterocycles. The molecule has 2 rings (SSSR count). The van der Waals surface area contributed by atoms with Crippen molar-refractivity contribution < 1.29 is 13.3 Å². The van der Waals surface area contributed by atoms with Crippen molar-refractivity contribution in [3.8, 4) is 0 Å². The molecule has 0 spiro atoms. The van der Waals surface area contributed by atoms with Gasteiger partial charge in [0.25, 0.3) is 5.69 Å². The minimum atomic E-state index is -3.84. The van der Waals surface area contributed by atoms with Gasteiger partial charge in [0.15, 0.2) is 0 Å². The highest BCUT2D eigenvalue weighted by Crippen LogP contribution is 2.30. The first-order valence-corrected chi connectivity index (χ1v) is 7.34. The van der Waals surface area contributed by atoms with Gasteiger partial charge in [0.2, 0.25) is 10.0 Å². The average Bonchev–Trinajstić information content (AvgIpc) is 2.76. The van der Waals surface area contributed by atoms with Crippen LogP contribution in [0.3, 0.4) is 0 Å². The summed E-state index contributed by atoms with van der Waals surface area (Å²) in [4.78, 5) is 9.78. The summed E-state index contributed by atoms with van der Waals surface area (Å²) in [5.41, 5.74) is 5.36. The normalized spacial score (nSPS) is 20.6. The third kappa shape index (κ3) is 2.71. The molecule has 1 saturated heterocycles. The van der Waals surface area contributed by atoms with Crippen molar-refractivity contribution in [3.05, 3.63) is 33.3 Å². The number of rotatable bonds is 3. The van der Waals surface area contributed by atoms with E-state index in [0.717, 1.165) is 12.1 Å². The number of non-ortho nitro benzene ring substituents is 1. The SMILES string of the molecule is NC1CCN(S(=O)(=O)c2cc([N+](=O)[O-])ccc2Cl)C1. The number of benzene rings is 1. The monoisotopic (exact) mass is 305 g/mol. The molecule has 0 bridgehead atoms. The fraction of sp³-hybridized carbons (Fsp3) is 0.400. The van der Waals surface area contributed by atoms with Gasteiger partial charge in [0.05, 0.1) is 9.95 Å². The van der Waals surface area contributed by atoms with Crippen molar-refractivity contribution in [2.45, 2.75) is 17.4 Å². The van der Waals surface area contributed by atoms with Crippen molar-refractivity contribution in [1.29, 1.82) is 0 Å². The molecule has 104 valence electrons. The smallest absolute Gasteiger partial charge is 0.270 e. The van der Waals surface area contributed by atoms with Gasteiger partial charge >= 0.3 is 0 Å². The van der Waals surface area contributed by atoms with E-state index in [1.807, 2.05) is 0 Å². The minimum absolute atomic E-state index is 0.0360. The number of hydrogen-bond acceptors (Lipinski definition) is 5. The summed E-state index contributed by atoms with van der Waals surface area (Å²) >= 11 is 5.84. The Labute approximate surface area is 115 Å². The van der Waals surface area contributed by atoms with Crippen molar-refractivity contribution in [2.75, 3.05) is 13.1 Å². The van der Waals surface area contributed by atoms with Crippen LogP contribution in [0.5, 0.6) is 0 Å². The van der Waals surface area contributed by atoms with Crippen LogP contribution in [0.25, 0.3) is 0 Å². The summed E-state index contributed by atoms with van der Waals surface area (Å²) < 4.78 is 25.9. The minimum Gasteiger partial charge on any atom is -0.326 e. The molecule has 0 saturated carbocycles. The van der Waals surface area contributed by atoms with Crippen molar-refractivity contribution in [1.82, 2.24) is 4.31 Å².